The molecular formula is C8H10BrNO2. The summed E-state index contributed by atoms with van der Waals surface area (Å²) in [5.41, 5.74) is 0.714. The van der Waals surface area contributed by atoms with Gasteiger partial charge in [-0.15, -0.1) is 0 Å². The normalized spacial score (nSPS) is 12.9. The molecule has 0 aliphatic heterocycles. The number of aromatic nitrogens is 1. The molecule has 0 aromatic carbocycles. The van der Waals surface area contributed by atoms with Gasteiger partial charge in [-0.25, -0.2) is 0 Å². The van der Waals surface area contributed by atoms with E-state index in [1.165, 1.54) is 0 Å². The Hall–Kier alpha value is -0.450. The highest BCUT2D eigenvalue weighted by Crippen LogP contribution is 2.23. The van der Waals surface area contributed by atoms with Gasteiger partial charge >= 0.3 is 0 Å². The quantitative estimate of drug-likeness (QED) is 0.824. The summed E-state index contributed by atoms with van der Waals surface area (Å²) >= 11 is 3.29. The molecule has 4 heteroatoms. The molecule has 1 aromatic rings. The number of nitrogens with zero attached hydrogens (tertiary/aromatic N) is 1. The first-order valence-corrected chi connectivity index (χ1v) is 4.43. The molecular weight excluding hydrogens is 222 g/mol. The predicted octanol–water partition coefficient (Wildman–Crippen LogP) is 1.26. The van der Waals surface area contributed by atoms with E-state index in [1.807, 2.05) is 0 Å². The molecule has 3 nitrogen and oxygen atoms in total. The van der Waals surface area contributed by atoms with Crippen molar-refractivity contribution in [2.24, 2.45) is 0 Å². The smallest absolute Gasteiger partial charge is 0.0837 e. The number of aliphatic hydroxyl groups is 2. The average Bonchev–Trinajstić information content (AvgIpc) is 2.05. The fraction of sp³-hybridized carbons (Fsp3) is 0.375. The third-order valence-electron chi connectivity index (χ3n) is 1.56. The van der Waals surface area contributed by atoms with E-state index < -0.39 is 6.10 Å². The van der Waals surface area contributed by atoms with Gasteiger partial charge in [-0.1, -0.05) is 15.9 Å². The lowest BCUT2D eigenvalue weighted by Crippen LogP contribution is -2.01. The second-order valence-electron chi connectivity index (χ2n) is 2.43. The van der Waals surface area contributed by atoms with Crippen LogP contribution in [0.5, 0.6) is 0 Å². The van der Waals surface area contributed by atoms with Gasteiger partial charge in [-0.05, 0) is 6.07 Å². The van der Waals surface area contributed by atoms with Crippen molar-refractivity contribution >= 4 is 15.9 Å². The van der Waals surface area contributed by atoms with Crippen LogP contribution >= 0.6 is 15.9 Å². The summed E-state index contributed by atoms with van der Waals surface area (Å²) in [6.07, 6.45) is 2.92. The summed E-state index contributed by atoms with van der Waals surface area (Å²) < 4.78 is 0.818. The van der Waals surface area contributed by atoms with E-state index >= 15 is 0 Å². The number of rotatable bonds is 3. The Bertz CT molecular complexity index is 255. The zero-order valence-electron chi connectivity index (χ0n) is 6.44. The first-order valence-electron chi connectivity index (χ1n) is 3.64. The molecule has 0 radical (unpaired) electrons. The number of pyridine rings is 1. The van der Waals surface area contributed by atoms with Crippen LogP contribution in [0.4, 0.5) is 0 Å². The first kappa shape index (κ1) is 9.64. The van der Waals surface area contributed by atoms with Gasteiger partial charge in [-0.2, -0.15) is 0 Å². The van der Waals surface area contributed by atoms with Gasteiger partial charge in [0.25, 0.3) is 0 Å². The summed E-state index contributed by atoms with van der Waals surface area (Å²) in [6, 6.07) is 1.76. The maximum Gasteiger partial charge on any atom is 0.0837 e. The summed E-state index contributed by atoms with van der Waals surface area (Å²) in [6.45, 7) is -0.0253. The van der Waals surface area contributed by atoms with Gasteiger partial charge < -0.3 is 10.2 Å². The van der Waals surface area contributed by atoms with E-state index in [0.29, 0.717) is 12.0 Å². The number of halogens is 1. The molecule has 1 aromatic heterocycles. The van der Waals surface area contributed by atoms with E-state index in [4.69, 9.17) is 5.11 Å². The van der Waals surface area contributed by atoms with Crippen molar-refractivity contribution in [2.75, 3.05) is 6.61 Å². The van der Waals surface area contributed by atoms with Crippen molar-refractivity contribution in [3.63, 3.8) is 0 Å². The minimum absolute atomic E-state index is 0.0253. The van der Waals surface area contributed by atoms with Crippen LogP contribution in [0.2, 0.25) is 0 Å². The van der Waals surface area contributed by atoms with Gasteiger partial charge in [-0.3, -0.25) is 4.98 Å². The van der Waals surface area contributed by atoms with E-state index in [-0.39, 0.29) is 6.61 Å². The van der Waals surface area contributed by atoms with Crippen LogP contribution in [0.1, 0.15) is 18.1 Å². The van der Waals surface area contributed by atoms with Crippen LogP contribution in [-0.4, -0.2) is 21.8 Å². The van der Waals surface area contributed by atoms with Crippen molar-refractivity contribution in [3.8, 4) is 0 Å². The molecule has 0 spiro atoms. The molecule has 0 saturated heterocycles. The number of aliphatic hydroxyl groups excluding tert-OH is 2. The van der Waals surface area contributed by atoms with Crippen LogP contribution in [0.15, 0.2) is 22.9 Å². The zero-order chi connectivity index (χ0) is 8.97. The maximum atomic E-state index is 9.47. The predicted molar refractivity (Wildman–Crippen MR) is 48.6 cm³/mol. The molecule has 12 heavy (non-hydrogen) atoms. The molecule has 0 fully saturated rings. The second-order valence-corrected chi connectivity index (χ2v) is 3.28. The zero-order valence-corrected chi connectivity index (χ0v) is 8.03. The minimum Gasteiger partial charge on any atom is -0.396 e. The van der Waals surface area contributed by atoms with Crippen molar-refractivity contribution in [2.45, 2.75) is 12.5 Å². The SMILES string of the molecule is OCCC(O)c1cnccc1Br. The molecule has 0 aliphatic rings. The Morgan fingerprint density at radius 3 is 2.92 bits per heavy atom. The number of hydrogen-bond acceptors (Lipinski definition) is 3. The first-order chi connectivity index (χ1) is 5.75. The largest absolute Gasteiger partial charge is 0.396 e. The Morgan fingerprint density at radius 2 is 2.33 bits per heavy atom. The summed E-state index contributed by atoms with van der Waals surface area (Å²) in [7, 11) is 0. The monoisotopic (exact) mass is 231 g/mol. The molecule has 1 unspecified atom stereocenters. The molecule has 1 rings (SSSR count). The van der Waals surface area contributed by atoms with Gasteiger partial charge in [0.15, 0.2) is 0 Å². The Morgan fingerprint density at radius 1 is 1.58 bits per heavy atom. The van der Waals surface area contributed by atoms with Crippen molar-refractivity contribution in [1.29, 1.82) is 0 Å². The number of hydrogen-bond donors (Lipinski definition) is 2. The standard InChI is InChI=1S/C8H10BrNO2/c9-7-1-3-10-5-6(7)8(12)2-4-11/h1,3,5,8,11-12H,2,4H2. The third kappa shape index (κ3) is 2.27. The highest BCUT2D eigenvalue weighted by molar-refractivity contribution is 9.10. The molecule has 0 saturated carbocycles. The minimum atomic E-state index is -0.641. The van der Waals surface area contributed by atoms with Gasteiger partial charge in [0.05, 0.1) is 6.10 Å². The van der Waals surface area contributed by atoms with E-state index in [0.717, 1.165) is 4.47 Å². The van der Waals surface area contributed by atoms with E-state index in [1.54, 1.807) is 18.5 Å². The lowest BCUT2D eigenvalue weighted by atomic mass is 10.1. The average molecular weight is 232 g/mol. The van der Waals surface area contributed by atoms with Crippen molar-refractivity contribution in [1.82, 2.24) is 4.98 Å². The molecule has 66 valence electrons. The fourth-order valence-electron chi connectivity index (χ4n) is 0.913. The topological polar surface area (TPSA) is 53.4 Å². The van der Waals surface area contributed by atoms with E-state index in [9.17, 15) is 5.11 Å². The van der Waals surface area contributed by atoms with Crippen molar-refractivity contribution < 1.29 is 10.2 Å². The Balaban J connectivity index is 2.79. The summed E-state index contributed by atoms with van der Waals surface area (Å²) in [4.78, 5) is 3.88. The summed E-state index contributed by atoms with van der Waals surface area (Å²) in [5.74, 6) is 0. The molecule has 1 heterocycles. The Kier molecular flexibility index (Phi) is 3.65. The van der Waals surface area contributed by atoms with Crippen LogP contribution in [0.25, 0.3) is 0 Å². The van der Waals surface area contributed by atoms with E-state index in [2.05, 4.69) is 20.9 Å². The Labute approximate surface area is 79.2 Å². The lowest BCUT2D eigenvalue weighted by Gasteiger charge is -2.09. The lowest BCUT2D eigenvalue weighted by molar-refractivity contribution is 0.133. The van der Waals surface area contributed by atoms with Crippen LogP contribution in [0.3, 0.4) is 0 Å². The van der Waals surface area contributed by atoms with Crippen LogP contribution in [0, 0.1) is 0 Å². The van der Waals surface area contributed by atoms with Crippen LogP contribution < -0.4 is 0 Å². The molecule has 0 bridgehead atoms. The van der Waals surface area contributed by atoms with Crippen molar-refractivity contribution in [3.05, 3.63) is 28.5 Å². The third-order valence-corrected chi connectivity index (χ3v) is 2.28. The molecule has 0 amide bonds. The van der Waals surface area contributed by atoms with Gasteiger partial charge in [0, 0.05) is 35.5 Å². The fourth-order valence-corrected chi connectivity index (χ4v) is 1.40. The highest BCUT2D eigenvalue weighted by atomic mass is 79.9. The molecule has 2 N–H and O–H groups in total. The molecule has 1 atom stereocenters. The van der Waals surface area contributed by atoms with Gasteiger partial charge in [0.1, 0.15) is 0 Å². The molecule has 0 aliphatic carbocycles. The summed E-state index contributed by atoms with van der Waals surface area (Å²) in [5, 5.41) is 18.1. The second kappa shape index (κ2) is 4.54. The van der Waals surface area contributed by atoms with Crippen LogP contribution in [-0.2, 0) is 0 Å². The maximum absolute atomic E-state index is 9.47. The highest BCUT2D eigenvalue weighted by Gasteiger charge is 2.09. The van der Waals surface area contributed by atoms with Gasteiger partial charge in [0.2, 0.25) is 0 Å².